The average molecular weight is 348 g/mol. The van der Waals surface area contributed by atoms with Crippen molar-refractivity contribution in [1.82, 2.24) is 0 Å². The molecule has 0 aliphatic carbocycles. The predicted molar refractivity (Wildman–Crippen MR) is 97.5 cm³/mol. The van der Waals surface area contributed by atoms with E-state index in [4.69, 9.17) is 15.2 Å². The summed E-state index contributed by atoms with van der Waals surface area (Å²) < 4.78 is 12.0. The fraction of sp³-hybridized carbons (Fsp3) is 0.632. The Bertz CT molecular complexity index is 622. The number of quaternary nitrogens is 1. The highest BCUT2D eigenvalue weighted by atomic mass is 16.6. The van der Waals surface area contributed by atoms with E-state index in [1.807, 2.05) is 25.1 Å². The van der Waals surface area contributed by atoms with Crippen molar-refractivity contribution in [3.63, 3.8) is 0 Å². The number of fused-ring (bicyclic) bond motifs is 1. The number of rotatable bonds is 4. The van der Waals surface area contributed by atoms with Crippen LogP contribution in [0, 0.1) is 6.92 Å². The van der Waals surface area contributed by atoms with Crippen molar-refractivity contribution in [3.05, 3.63) is 23.8 Å². The minimum Gasteiger partial charge on any atom is -0.495 e. The van der Waals surface area contributed by atoms with Gasteiger partial charge in [0, 0.05) is 12.8 Å². The summed E-state index contributed by atoms with van der Waals surface area (Å²) >= 11 is 0. The highest BCUT2D eigenvalue weighted by Crippen LogP contribution is 2.34. The first kappa shape index (κ1) is 18.0. The molecule has 0 spiro atoms. The number of piperidine rings is 2. The third-order valence-electron chi connectivity index (χ3n) is 5.83. The molecule has 2 aliphatic heterocycles. The molecule has 2 heterocycles. The van der Waals surface area contributed by atoms with Crippen LogP contribution >= 0.6 is 0 Å². The Balaban J connectivity index is 1.60. The zero-order valence-electron chi connectivity index (χ0n) is 15.3. The van der Waals surface area contributed by atoms with Gasteiger partial charge in [-0.1, -0.05) is 6.07 Å². The quantitative estimate of drug-likeness (QED) is 0.821. The summed E-state index contributed by atoms with van der Waals surface area (Å²) in [7, 11) is 1.59. The molecule has 6 nitrogen and oxygen atoms in total. The van der Waals surface area contributed by atoms with E-state index in [-0.39, 0.29) is 6.10 Å². The van der Waals surface area contributed by atoms with E-state index in [9.17, 15) is 4.79 Å². The molecule has 3 unspecified atom stereocenters. The van der Waals surface area contributed by atoms with Crippen LogP contribution in [0.15, 0.2) is 18.2 Å². The van der Waals surface area contributed by atoms with Crippen LogP contribution in [-0.2, 0) is 4.74 Å². The minimum atomic E-state index is -0.405. The average Bonchev–Trinajstić information content (AvgIpc) is 2.62. The van der Waals surface area contributed by atoms with Gasteiger partial charge in [-0.15, -0.1) is 0 Å². The summed E-state index contributed by atoms with van der Waals surface area (Å²) in [5.74, 6) is 0.636. The van der Waals surface area contributed by atoms with Crippen LogP contribution in [0.2, 0.25) is 0 Å². The smallest absolute Gasteiger partial charge is 0.412 e. The normalized spacial score (nSPS) is 28.8. The van der Waals surface area contributed by atoms with Gasteiger partial charge in [0.15, 0.2) is 0 Å². The van der Waals surface area contributed by atoms with Crippen molar-refractivity contribution in [3.8, 4) is 5.75 Å². The molecule has 1 aromatic rings. The molecule has 2 aliphatic rings. The van der Waals surface area contributed by atoms with Crippen molar-refractivity contribution < 1.29 is 18.8 Å². The summed E-state index contributed by atoms with van der Waals surface area (Å²) in [6, 6.07) is 6.21. The number of anilines is 1. The molecule has 1 aromatic carbocycles. The lowest BCUT2D eigenvalue weighted by Crippen LogP contribution is -2.64. The van der Waals surface area contributed by atoms with Gasteiger partial charge in [-0.25, -0.2) is 4.79 Å². The van der Waals surface area contributed by atoms with E-state index >= 15 is 0 Å². The Labute approximate surface area is 149 Å². The number of hydrogen-bond acceptors (Lipinski definition) is 4. The number of aryl methyl sites for hydroxylation is 1. The third kappa shape index (κ3) is 3.90. The molecule has 6 heteroatoms. The maximum Gasteiger partial charge on any atom is 0.412 e. The first-order chi connectivity index (χ1) is 12.1. The second-order valence-corrected chi connectivity index (χ2v) is 7.38. The molecule has 138 valence electrons. The third-order valence-corrected chi connectivity index (χ3v) is 5.83. The second-order valence-electron chi connectivity index (χ2n) is 7.38. The molecule has 3 rings (SSSR count). The van der Waals surface area contributed by atoms with Crippen molar-refractivity contribution in [2.45, 2.75) is 51.2 Å². The molecule has 0 saturated carbocycles. The molecule has 0 aromatic heterocycles. The molecular formula is C19H30N3O3+. The molecule has 0 bridgehead atoms. The van der Waals surface area contributed by atoms with Gasteiger partial charge in [-0.05, 0) is 43.9 Å². The number of nitrogens with zero attached hydrogens (tertiary/aromatic N) is 1. The zero-order valence-corrected chi connectivity index (χ0v) is 15.3. The Kier molecular flexibility index (Phi) is 5.49. The molecule has 25 heavy (non-hydrogen) atoms. The minimum absolute atomic E-state index is 0.0308. The molecule has 3 N–H and O–H groups in total. The van der Waals surface area contributed by atoms with Gasteiger partial charge in [0.05, 0.1) is 31.9 Å². The van der Waals surface area contributed by atoms with Crippen molar-refractivity contribution in [1.29, 1.82) is 0 Å². The first-order valence-corrected chi connectivity index (χ1v) is 9.24. The lowest BCUT2D eigenvalue weighted by molar-refractivity contribution is -0.961. The van der Waals surface area contributed by atoms with Crippen LogP contribution in [0.3, 0.4) is 0 Å². The van der Waals surface area contributed by atoms with E-state index in [2.05, 4.69) is 5.32 Å². The monoisotopic (exact) mass is 348 g/mol. The highest BCUT2D eigenvalue weighted by molar-refractivity contribution is 5.87. The second kappa shape index (κ2) is 7.62. The summed E-state index contributed by atoms with van der Waals surface area (Å²) in [6.45, 7) is 4.85. The first-order valence-electron chi connectivity index (χ1n) is 9.24. The van der Waals surface area contributed by atoms with Gasteiger partial charge >= 0.3 is 6.09 Å². The lowest BCUT2D eigenvalue weighted by atomic mass is 9.88. The van der Waals surface area contributed by atoms with E-state index in [1.165, 1.54) is 25.8 Å². The van der Waals surface area contributed by atoms with Gasteiger partial charge in [-0.3, -0.25) is 11.1 Å². The topological polar surface area (TPSA) is 73.6 Å². The number of nitrogens with two attached hydrogens (primary N) is 1. The number of benzene rings is 1. The van der Waals surface area contributed by atoms with Crippen LogP contribution < -0.4 is 15.8 Å². The van der Waals surface area contributed by atoms with Crippen molar-refractivity contribution in [2.75, 3.05) is 32.2 Å². The number of nitrogens with one attached hydrogen (secondary N) is 1. The number of carbonyl (C=O) groups is 1. The molecule has 3 atom stereocenters. The Morgan fingerprint density at radius 1 is 1.32 bits per heavy atom. The largest absolute Gasteiger partial charge is 0.495 e. The van der Waals surface area contributed by atoms with Gasteiger partial charge in [-0.2, -0.15) is 0 Å². The van der Waals surface area contributed by atoms with Crippen LogP contribution in [0.4, 0.5) is 10.5 Å². The number of ether oxygens (including phenoxy) is 2. The Morgan fingerprint density at radius 2 is 2.16 bits per heavy atom. The van der Waals surface area contributed by atoms with Crippen molar-refractivity contribution >= 4 is 11.8 Å². The summed E-state index contributed by atoms with van der Waals surface area (Å²) in [4.78, 5) is 12.4. The number of hydrogen-bond donors (Lipinski definition) is 2. The summed E-state index contributed by atoms with van der Waals surface area (Å²) in [5.41, 5.74) is 7.78. The fourth-order valence-corrected chi connectivity index (χ4v) is 4.37. The number of amides is 1. The van der Waals surface area contributed by atoms with Gasteiger partial charge in [0.1, 0.15) is 18.5 Å². The molecule has 2 fully saturated rings. The number of carbonyl (C=O) groups excluding carboxylic acids is 1. The molecule has 1 amide bonds. The van der Waals surface area contributed by atoms with Crippen LogP contribution in [0.5, 0.6) is 5.75 Å². The summed E-state index contributed by atoms with van der Waals surface area (Å²) in [5, 5.41) is 2.83. The predicted octanol–water partition coefficient (Wildman–Crippen LogP) is 3.00. The standard InChI is InChI=1S/C19H29N3O3/c1-14-6-7-18(24-2)17(11-14)21-19(23)25-16-8-10-22(13-20)9-4-3-5-15(22)12-16/h6-7,11,15-16H,3-5,8-10,12-13,20H2,1-2H3/p+1. The van der Waals surface area contributed by atoms with Crippen LogP contribution in [-0.4, -0.2) is 49.6 Å². The molecular weight excluding hydrogens is 318 g/mol. The maximum atomic E-state index is 12.4. The number of methoxy groups -OCH3 is 1. The van der Waals surface area contributed by atoms with Gasteiger partial charge in [0.25, 0.3) is 0 Å². The fourth-order valence-electron chi connectivity index (χ4n) is 4.37. The van der Waals surface area contributed by atoms with Gasteiger partial charge < -0.3 is 14.0 Å². The molecule has 2 saturated heterocycles. The van der Waals surface area contributed by atoms with Crippen molar-refractivity contribution in [2.24, 2.45) is 5.73 Å². The Hall–Kier alpha value is -1.79. The SMILES string of the molecule is COc1ccc(C)cc1NC(=O)OC1CC[N+]2(CN)CCCCC2C1. The highest BCUT2D eigenvalue weighted by Gasteiger charge is 2.44. The van der Waals surface area contributed by atoms with Crippen LogP contribution in [0.1, 0.15) is 37.7 Å². The maximum absolute atomic E-state index is 12.4. The Morgan fingerprint density at radius 3 is 2.92 bits per heavy atom. The van der Waals surface area contributed by atoms with E-state index < -0.39 is 6.09 Å². The van der Waals surface area contributed by atoms with E-state index in [0.717, 1.165) is 29.4 Å². The zero-order chi connectivity index (χ0) is 17.9. The van der Waals surface area contributed by atoms with E-state index in [1.54, 1.807) is 7.11 Å². The van der Waals surface area contributed by atoms with Crippen LogP contribution in [0.25, 0.3) is 0 Å². The molecule has 0 radical (unpaired) electrons. The van der Waals surface area contributed by atoms with Gasteiger partial charge in [0.2, 0.25) is 0 Å². The summed E-state index contributed by atoms with van der Waals surface area (Å²) in [6.07, 6.45) is 5.05. The lowest BCUT2D eigenvalue weighted by Gasteiger charge is -2.51. The van der Waals surface area contributed by atoms with E-state index in [0.29, 0.717) is 24.1 Å².